The molecule has 0 bridgehead atoms. The Bertz CT molecular complexity index is 982. The van der Waals surface area contributed by atoms with Gasteiger partial charge in [0, 0.05) is 28.8 Å². The van der Waals surface area contributed by atoms with Crippen molar-refractivity contribution in [1.82, 2.24) is 20.5 Å². The van der Waals surface area contributed by atoms with E-state index in [4.69, 9.17) is 10.5 Å². The lowest BCUT2D eigenvalue weighted by molar-refractivity contribution is 0.0620. The van der Waals surface area contributed by atoms with E-state index in [0.717, 1.165) is 16.9 Å². The summed E-state index contributed by atoms with van der Waals surface area (Å²) in [4.78, 5) is 17.0. The predicted octanol–water partition coefficient (Wildman–Crippen LogP) is 3.09. The van der Waals surface area contributed by atoms with Crippen LogP contribution in [0, 0.1) is 0 Å². The Hall–Kier alpha value is -3.35. The highest BCUT2D eigenvalue weighted by Crippen LogP contribution is 2.40. The molecule has 138 valence electrons. The number of carbonyl (C=O) groups excluding carboxylic acids is 1. The van der Waals surface area contributed by atoms with E-state index < -0.39 is 0 Å². The van der Waals surface area contributed by atoms with Crippen LogP contribution in [0.3, 0.4) is 0 Å². The molecule has 1 amide bonds. The molecule has 0 radical (unpaired) electrons. The number of aromatic amines is 1. The summed E-state index contributed by atoms with van der Waals surface area (Å²) in [6.07, 6.45) is 2.09. The molecule has 1 aromatic heterocycles. The summed E-state index contributed by atoms with van der Waals surface area (Å²) in [7, 11) is 0. The molecule has 0 saturated heterocycles. The number of nitrogens with zero attached hydrogens (tertiary/aromatic N) is 2. The van der Waals surface area contributed by atoms with Gasteiger partial charge in [-0.3, -0.25) is 9.89 Å². The number of benzene rings is 2. The fraction of sp³-hybridized carbons (Fsp3) is 0.250. The molecular formula is C20H21N5O2. The summed E-state index contributed by atoms with van der Waals surface area (Å²) >= 11 is 0. The van der Waals surface area contributed by atoms with Gasteiger partial charge < -0.3 is 15.8 Å². The third kappa shape index (κ3) is 3.48. The molecule has 1 aliphatic heterocycles. The van der Waals surface area contributed by atoms with Crippen LogP contribution in [0.5, 0.6) is 5.75 Å². The molecule has 4 rings (SSSR count). The molecular weight excluding hydrogens is 342 g/mol. The van der Waals surface area contributed by atoms with Crippen molar-refractivity contribution >= 4 is 11.6 Å². The van der Waals surface area contributed by atoms with Gasteiger partial charge in [-0.05, 0) is 44.2 Å². The first-order chi connectivity index (χ1) is 12.9. The molecule has 7 heteroatoms. The van der Waals surface area contributed by atoms with Crippen LogP contribution in [0.4, 0.5) is 5.69 Å². The maximum Gasteiger partial charge on any atom is 0.251 e. The van der Waals surface area contributed by atoms with Gasteiger partial charge in [0.2, 0.25) is 0 Å². The SMILES string of the molecule is CC1(C)CC(NC(=O)c2cccc(-c3ncn[nH]3)c2)c2cc(N)ccc2O1. The molecule has 7 nitrogen and oxygen atoms in total. The third-order valence-corrected chi connectivity index (χ3v) is 4.61. The predicted molar refractivity (Wildman–Crippen MR) is 102 cm³/mol. The Labute approximate surface area is 157 Å². The molecule has 3 aromatic rings. The van der Waals surface area contributed by atoms with Crippen molar-refractivity contribution in [2.75, 3.05) is 5.73 Å². The summed E-state index contributed by atoms with van der Waals surface area (Å²) in [6, 6.07) is 12.6. The van der Waals surface area contributed by atoms with E-state index in [1.165, 1.54) is 6.33 Å². The lowest BCUT2D eigenvalue weighted by Crippen LogP contribution is -2.41. The number of hydrogen-bond acceptors (Lipinski definition) is 5. The van der Waals surface area contributed by atoms with Gasteiger partial charge in [-0.2, -0.15) is 5.10 Å². The van der Waals surface area contributed by atoms with E-state index in [9.17, 15) is 4.79 Å². The normalized spacial score (nSPS) is 17.6. The Morgan fingerprint density at radius 2 is 2.15 bits per heavy atom. The van der Waals surface area contributed by atoms with Crippen LogP contribution in [0.25, 0.3) is 11.4 Å². The first-order valence-electron chi connectivity index (χ1n) is 8.76. The number of ether oxygens (including phenoxy) is 1. The molecule has 1 atom stereocenters. The van der Waals surface area contributed by atoms with Gasteiger partial charge in [-0.25, -0.2) is 4.98 Å². The highest BCUT2D eigenvalue weighted by Gasteiger charge is 2.34. The smallest absolute Gasteiger partial charge is 0.251 e. The Morgan fingerprint density at radius 3 is 2.93 bits per heavy atom. The average molecular weight is 363 g/mol. The molecule has 4 N–H and O–H groups in total. The highest BCUT2D eigenvalue weighted by atomic mass is 16.5. The molecule has 2 aromatic carbocycles. The van der Waals surface area contributed by atoms with Gasteiger partial charge in [0.15, 0.2) is 5.82 Å². The van der Waals surface area contributed by atoms with Gasteiger partial charge in [0.1, 0.15) is 17.7 Å². The number of nitrogens with one attached hydrogen (secondary N) is 2. The van der Waals surface area contributed by atoms with Crippen molar-refractivity contribution in [1.29, 1.82) is 0 Å². The number of H-pyrrole nitrogens is 1. The minimum Gasteiger partial charge on any atom is -0.487 e. The highest BCUT2D eigenvalue weighted by molar-refractivity contribution is 5.95. The number of amides is 1. The third-order valence-electron chi connectivity index (χ3n) is 4.61. The van der Waals surface area contributed by atoms with E-state index in [0.29, 0.717) is 23.5 Å². The van der Waals surface area contributed by atoms with Crippen LogP contribution in [0.2, 0.25) is 0 Å². The van der Waals surface area contributed by atoms with Crippen molar-refractivity contribution < 1.29 is 9.53 Å². The van der Waals surface area contributed by atoms with Gasteiger partial charge in [0.05, 0.1) is 6.04 Å². The van der Waals surface area contributed by atoms with Crippen molar-refractivity contribution in [2.24, 2.45) is 0 Å². The van der Waals surface area contributed by atoms with Gasteiger partial charge in [0.25, 0.3) is 5.91 Å². The van der Waals surface area contributed by atoms with Crippen molar-refractivity contribution in [3.63, 3.8) is 0 Å². The Balaban J connectivity index is 1.62. The first kappa shape index (κ1) is 17.1. The van der Waals surface area contributed by atoms with Crippen LogP contribution >= 0.6 is 0 Å². The maximum absolute atomic E-state index is 12.9. The minimum absolute atomic E-state index is 0.160. The number of nitrogen functional groups attached to an aromatic ring is 1. The number of carbonyl (C=O) groups is 1. The van der Waals surface area contributed by atoms with Gasteiger partial charge in [-0.1, -0.05) is 12.1 Å². The number of anilines is 1. The van der Waals surface area contributed by atoms with E-state index in [1.807, 2.05) is 38.1 Å². The Morgan fingerprint density at radius 1 is 1.30 bits per heavy atom. The molecule has 0 saturated carbocycles. The summed E-state index contributed by atoms with van der Waals surface area (Å²) in [5.41, 5.74) is 8.45. The molecule has 27 heavy (non-hydrogen) atoms. The fourth-order valence-electron chi connectivity index (χ4n) is 3.40. The van der Waals surface area contributed by atoms with Crippen molar-refractivity contribution in [3.05, 3.63) is 59.9 Å². The van der Waals surface area contributed by atoms with E-state index in [2.05, 4.69) is 20.5 Å². The van der Waals surface area contributed by atoms with Gasteiger partial charge in [-0.15, -0.1) is 0 Å². The van der Waals surface area contributed by atoms with Crippen LogP contribution < -0.4 is 15.8 Å². The number of hydrogen-bond donors (Lipinski definition) is 3. The topological polar surface area (TPSA) is 106 Å². The first-order valence-corrected chi connectivity index (χ1v) is 8.76. The number of nitrogens with two attached hydrogens (primary N) is 1. The standard InChI is InChI=1S/C20H21N5O2/c1-20(2)10-16(15-9-14(21)6-7-17(15)27-20)24-19(26)13-5-3-4-12(8-13)18-22-11-23-25-18/h3-9,11,16H,10,21H2,1-2H3,(H,24,26)(H,22,23,25). The van der Waals surface area contributed by atoms with E-state index in [1.54, 1.807) is 18.2 Å². The zero-order chi connectivity index (χ0) is 19.0. The fourth-order valence-corrected chi connectivity index (χ4v) is 3.40. The van der Waals surface area contributed by atoms with Crippen LogP contribution in [-0.2, 0) is 0 Å². The number of rotatable bonds is 3. The lowest BCUT2D eigenvalue weighted by Gasteiger charge is -2.38. The van der Waals surface area contributed by atoms with Crippen molar-refractivity contribution in [3.8, 4) is 17.1 Å². The van der Waals surface area contributed by atoms with Crippen LogP contribution in [0.15, 0.2) is 48.8 Å². The summed E-state index contributed by atoms with van der Waals surface area (Å²) in [5.74, 6) is 1.21. The zero-order valence-electron chi connectivity index (χ0n) is 15.2. The maximum atomic E-state index is 12.9. The second-order valence-electron chi connectivity index (χ2n) is 7.30. The van der Waals surface area contributed by atoms with Crippen LogP contribution in [-0.4, -0.2) is 26.7 Å². The molecule has 0 fully saturated rings. The second kappa shape index (κ2) is 6.42. The summed E-state index contributed by atoms with van der Waals surface area (Å²) in [6.45, 7) is 4.02. The Kier molecular flexibility index (Phi) is 4.07. The number of fused-ring (bicyclic) bond motifs is 1. The molecule has 0 spiro atoms. The molecule has 0 aliphatic carbocycles. The molecule has 1 unspecified atom stereocenters. The van der Waals surface area contributed by atoms with E-state index >= 15 is 0 Å². The largest absolute Gasteiger partial charge is 0.487 e. The summed E-state index contributed by atoms with van der Waals surface area (Å²) < 4.78 is 6.03. The van der Waals surface area contributed by atoms with Crippen molar-refractivity contribution in [2.45, 2.75) is 31.9 Å². The van der Waals surface area contributed by atoms with E-state index in [-0.39, 0.29) is 17.6 Å². The summed E-state index contributed by atoms with van der Waals surface area (Å²) in [5, 5.41) is 9.79. The average Bonchev–Trinajstić information content (AvgIpc) is 3.16. The minimum atomic E-state index is -0.386. The second-order valence-corrected chi connectivity index (χ2v) is 7.30. The molecule has 2 heterocycles. The quantitative estimate of drug-likeness (QED) is 0.620. The molecule has 1 aliphatic rings. The van der Waals surface area contributed by atoms with Crippen LogP contribution in [0.1, 0.15) is 42.2 Å². The van der Waals surface area contributed by atoms with Gasteiger partial charge >= 0.3 is 0 Å². The lowest BCUT2D eigenvalue weighted by atomic mass is 9.89. The monoisotopic (exact) mass is 363 g/mol. The number of aromatic nitrogens is 3. The zero-order valence-corrected chi connectivity index (χ0v) is 15.2.